The van der Waals surface area contributed by atoms with E-state index < -0.39 is 11.7 Å². The van der Waals surface area contributed by atoms with Gasteiger partial charge in [-0.15, -0.1) is 10.2 Å². The highest BCUT2D eigenvalue weighted by molar-refractivity contribution is 5.76. The zero-order valence-electron chi connectivity index (χ0n) is 14.3. The Kier molecular flexibility index (Phi) is 5.20. The van der Waals surface area contributed by atoms with E-state index in [2.05, 4.69) is 20.7 Å². The van der Waals surface area contributed by atoms with Crippen molar-refractivity contribution < 1.29 is 18.0 Å². The van der Waals surface area contributed by atoms with Crippen LogP contribution in [0.1, 0.15) is 24.1 Å². The number of nitrogens with zero attached hydrogens (tertiary/aromatic N) is 4. The molecule has 6 nitrogen and oxygen atoms in total. The summed E-state index contributed by atoms with van der Waals surface area (Å²) in [6.45, 7) is 1.65. The quantitative estimate of drug-likeness (QED) is 0.743. The minimum absolute atomic E-state index is 0.0185. The fourth-order valence-electron chi connectivity index (χ4n) is 2.50. The number of amides is 1. The van der Waals surface area contributed by atoms with Gasteiger partial charge in [0.2, 0.25) is 11.7 Å². The first-order chi connectivity index (χ1) is 12.8. The highest BCUT2D eigenvalue weighted by atomic mass is 19.4. The molecule has 0 aliphatic rings. The van der Waals surface area contributed by atoms with Crippen LogP contribution in [0.3, 0.4) is 0 Å². The zero-order chi connectivity index (χ0) is 19.4. The lowest BCUT2D eigenvalue weighted by atomic mass is 10.1. The van der Waals surface area contributed by atoms with E-state index >= 15 is 0 Å². The Bertz CT molecular complexity index is 924. The van der Waals surface area contributed by atoms with Crippen LogP contribution < -0.4 is 5.32 Å². The first kappa shape index (κ1) is 18.6. The van der Waals surface area contributed by atoms with Crippen molar-refractivity contribution in [3.05, 3.63) is 65.7 Å². The molecule has 0 saturated heterocycles. The topological polar surface area (TPSA) is 72.7 Å². The third kappa shape index (κ3) is 4.69. The summed E-state index contributed by atoms with van der Waals surface area (Å²) < 4.78 is 38.4. The SMILES string of the molecule is C[C@H](NC(=O)Cn1nnc(-c2cccc(C(F)(F)F)c2)n1)c1ccccc1. The largest absolute Gasteiger partial charge is 0.416 e. The van der Waals surface area contributed by atoms with E-state index in [4.69, 9.17) is 0 Å². The summed E-state index contributed by atoms with van der Waals surface area (Å²) >= 11 is 0. The predicted molar refractivity (Wildman–Crippen MR) is 91.3 cm³/mol. The van der Waals surface area contributed by atoms with Gasteiger partial charge in [0.25, 0.3) is 0 Å². The highest BCUT2D eigenvalue weighted by Gasteiger charge is 2.30. The monoisotopic (exact) mass is 375 g/mol. The number of alkyl halides is 3. The standard InChI is InChI=1S/C18H16F3N5O/c1-12(13-6-3-2-4-7-13)22-16(27)11-26-24-17(23-25-26)14-8-5-9-15(10-14)18(19,20)21/h2-10,12H,11H2,1H3,(H,22,27)/t12-/m0/s1. The number of nitrogens with one attached hydrogen (secondary N) is 1. The first-order valence-electron chi connectivity index (χ1n) is 8.12. The molecule has 0 spiro atoms. The summed E-state index contributed by atoms with van der Waals surface area (Å²) in [5, 5.41) is 14.3. The van der Waals surface area contributed by atoms with Gasteiger partial charge in [0.1, 0.15) is 6.54 Å². The van der Waals surface area contributed by atoms with E-state index in [-0.39, 0.29) is 29.9 Å². The molecule has 2 aromatic carbocycles. The zero-order valence-corrected chi connectivity index (χ0v) is 14.3. The van der Waals surface area contributed by atoms with E-state index in [0.29, 0.717) is 0 Å². The van der Waals surface area contributed by atoms with Crippen molar-refractivity contribution in [3.63, 3.8) is 0 Å². The summed E-state index contributed by atoms with van der Waals surface area (Å²) in [7, 11) is 0. The van der Waals surface area contributed by atoms with Crippen LogP contribution in [0.25, 0.3) is 11.4 Å². The lowest BCUT2D eigenvalue weighted by Gasteiger charge is -2.13. The van der Waals surface area contributed by atoms with Crippen LogP contribution in [0.4, 0.5) is 13.2 Å². The molecule has 1 aromatic heterocycles. The van der Waals surface area contributed by atoms with Gasteiger partial charge in [0.15, 0.2) is 0 Å². The second kappa shape index (κ2) is 7.56. The predicted octanol–water partition coefficient (Wildman–Crippen LogP) is 3.24. The molecule has 1 amide bonds. The van der Waals surface area contributed by atoms with Gasteiger partial charge in [0.05, 0.1) is 11.6 Å². The van der Waals surface area contributed by atoms with Crippen LogP contribution in [0.2, 0.25) is 0 Å². The Hall–Kier alpha value is -3.23. The number of hydrogen-bond donors (Lipinski definition) is 1. The molecule has 0 radical (unpaired) electrons. The first-order valence-corrected chi connectivity index (χ1v) is 8.12. The van der Waals surface area contributed by atoms with Gasteiger partial charge in [-0.3, -0.25) is 4.79 Å². The maximum atomic E-state index is 12.8. The molecule has 9 heteroatoms. The minimum atomic E-state index is -4.46. The van der Waals surface area contributed by atoms with E-state index in [0.717, 1.165) is 22.5 Å². The van der Waals surface area contributed by atoms with Gasteiger partial charge in [-0.25, -0.2) is 0 Å². The second-order valence-corrected chi connectivity index (χ2v) is 5.92. The Morgan fingerprint density at radius 1 is 1.15 bits per heavy atom. The van der Waals surface area contributed by atoms with Gasteiger partial charge >= 0.3 is 6.18 Å². The molecular formula is C18H16F3N5O. The minimum Gasteiger partial charge on any atom is -0.348 e. The number of benzene rings is 2. The number of rotatable bonds is 5. The van der Waals surface area contributed by atoms with Crippen molar-refractivity contribution in [2.24, 2.45) is 0 Å². The van der Waals surface area contributed by atoms with Crippen molar-refractivity contribution in [3.8, 4) is 11.4 Å². The van der Waals surface area contributed by atoms with Crippen LogP contribution in [0.15, 0.2) is 54.6 Å². The Balaban J connectivity index is 1.67. The smallest absolute Gasteiger partial charge is 0.348 e. The normalized spacial score (nSPS) is 12.6. The average molecular weight is 375 g/mol. The highest BCUT2D eigenvalue weighted by Crippen LogP contribution is 2.31. The van der Waals surface area contributed by atoms with E-state index in [1.54, 1.807) is 0 Å². The molecule has 140 valence electrons. The third-order valence-electron chi connectivity index (χ3n) is 3.86. The van der Waals surface area contributed by atoms with Gasteiger partial charge in [-0.2, -0.15) is 18.0 Å². The van der Waals surface area contributed by atoms with E-state index in [9.17, 15) is 18.0 Å². The van der Waals surface area contributed by atoms with Crippen molar-refractivity contribution in [2.45, 2.75) is 25.7 Å². The molecular weight excluding hydrogens is 359 g/mol. The van der Waals surface area contributed by atoms with Crippen molar-refractivity contribution >= 4 is 5.91 Å². The maximum Gasteiger partial charge on any atom is 0.416 e. The molecule has 0 bridgehead atoms. The summed E-state index contributed by atoms with van der Waals surface area (Å²) in [5.41, 5.74) is 0.321. The maximum absolute atomic E-state index is 12.8. The Morgan fingerprint density at radius 2 is 1.89 bits per heavy atom. The third-order valence-corrected chi connectivity index (χ3v) is 3.86. The fraction of sp³-hybridized carbons (Fsp3) is 0.222. The van der Waals surface area contributed by atoms with Crippen LogP contribution in [-0.2, 0) is 17.5 Å². The van der Waals surface area contributed by atoms with Crippen LogP contribution in [0, 0.1) is 0 Å². The van der Waals surface area contributed by atoms with Crippen LogP contribution >= 0.6 is 0 Å². The van der Waals surface area contributed by atoms with Gasteiger partial charge < -0.3 is 5.32 Å². The van der Waals surface area contributed by atoms with Crippen LogP contribution in [0.5, 0.6) is 0 Å². The molecule has 0 aliphatic carbocycles. The molecule has 3 rings (SSSR count). The van der Waals surface area contributed by atoms with E-state index in [1.807, 2.05) is 37.3 Å². The molecule has 0 fully saturated rings. The number of carbonyl (C=O) groups is 1. The van der Waals surface area contributed by atoms with Crippen molar-refractivity contribution in [2.75, 3.05) is 0 Å². The number of hydrogen-bond acceptors (Lipinski definition) is 4. The number of halogens is 3. The fourth-order valence-corrected chi connectivity index (χ4v) is 2.50. The number of carbonyl (C=O) groups excluding carboxylic acids is 1. The number of aromatic nitrogens is 4. The van der Waals surface area contributed by atoms with Gasteiger partial charge in [-0.05, 0) is 29.8 Å². The average Bonchev–Trinajstić information content (AvgIpc) is 3.10. The van der Waals surface area contributed by atoms with Crippen molar-refractivity contribution in [1.82, 2.24) is 25.5 Å². The Morgan fingerprint density at radius 3 is 2.59 bits per heavy atom. The summed E-state index contributed by atoms with van der Waals surface area (Å²) in [6, 6.07) is 13.8. The lowest BCUT2D eigenvalue weighted by Crippen LogP contribution is -2.30. The molecule has 1 N–H and O–H groups in total. The van der Waals surface area contributed by atoms with E-state index in [1.165, 1.54) is 12.1 Å². The molecule has 27 heavy (non-hydrogen) atoms. The van der Waals surface area contributed by atoms with Gasteiger partial charge in [0, 0.05) is 5.56 Å². The molecule has 0 aliphatic heterocycles. The molecule has 1 atom stereocenters. The molecule has 0 unspecified atom stereocenters. The summed E-state index contributed by atoms with van der Waals surface area (Å²) in [4.78, 5) is 13.2. The number of tetrazole rings is 1. The van der Waals surface area contributed by atoms with Gasteiger partial charge in [-0.1, -0.05) is 42.5 Å². The summed E-state index contributed by atoms with van der Waals surface area (Å²) in [6.07, 6.45) is -4.46. The van der Waals surface area contributed by atoms with Crippen LogP contribution in [-0.4, -0.2) is 26.1 Å². The second-order valence-electron chi connectivity index (χ2n) is 5.92. The molecule has 1 heterocycles. The molecule has 0 saturated carbocycles. The summed E-state index contributed by atoms with van der Waals surface area (Å²) in [5.74, 6) is -0.315. The Labute approximate surface area is 153 Å². The molecule has 3 aromatic rings. The van der Waals surface area contributed by atoms with Crippen molar-refractivity contribution in [1.29, 1.82) is 0 Å². The lowest BCUT2D eigenvalue weighted by molar-refractivity contribution is -0.137.